The zero-order valence-corrected chi connectivity index (χ0v) is 43.8. The summed E-state index contributed by atoms with van der Waals surface area (Å²) in [7, 11) is 0. The highest BCUT2D eigenvalue weighted by molar-refractivity contribution is 7.80. The predicted molar refractivity (Wildman–Crippen MR) is 272 cm³/mol. The highest BCUT2D eigenvalue weighted by Gasteiger charge is 2.10. The third-order valence-electron chi connectivity index (χ3n) is 11.3. The fourth-order valence-electron chi connectivity index (χ4n) is 7.34. The Hall–Kier alpha value is -0.0900. The molecule has 0 aromatic carbocycles. The molecule has 1 unspecified atom stereocenters. The highest BCUT2D eigenvalue weighted by atomic mass is 32.1. The zero-order chi connectivity index (χ0) is 46.7. The zero-order valence-electron chi connectivity index (χ0n) is 42.9. The maximum Gasteiger partial charge on any atom is 0.104 e. The molecule has 65 heavy (non-hydrogen) atoms. The summed E-state index contributed by atoms with van der Waals surface area (Å²) < 4.78 is 62.6. The molecule has 0 radical (unpaired) electrons. The lowest BCUT2D eigenvalue weighted by molar-refractivity contribution is -0.0702. The molecule has 392 valence electrons. The molecule has 0 saturated carbocycles. The van der Waals surface area contributed by atoms with Gasteiger partial charge in [0, 0.05) is 19.0 Å². The van der Waals surface area contributed by atoms with Crippen molar-refractivity contribution in [3.05, 3.63) is 0 Å². The Morgan fingerprint density at radius 2 is 0.446 bits per heavy atom. The summed E-state index contributed by atoms with van der Waals surface area (Å²) in [4.78, 5) is 0. The van der Waals surface area contributed by atoms with E-state index in [-0.39, 0.29) is 6.10 Å². The molecule has 0 rings (SSSR count). The van der Waals surface area contributed by atoms with Gasteiger partial charge >= 0.3 is 0 Å². The van der Waals surface area contributed by atoms with Gasteiger partial charge < -0.3 is 52.1 Å². The molecular formula is C53H108O11S. The molecule has 0 amide bonds. The molecule has 12 heteroatoms. The van der Waals surface area contributed by atoms with Gasteiger partial charge in [-0.3, -0.25) is 0 Å². The van der Waals surface area contributed by atoms with Crippen molar-refractivity contribution < 1.29 is 52.1 Å². The maximum atomic E-state index is 6.29. The minimum absolute atomic E-state index is 0.0354. The second kappa shape index (κ2) is 61.9. The lowest BCUT2D eigenvalue weighted by atomic mass is 10.0. The van der Waals surface area contributed by atoms with Crippen molar-refractivity contribution in [3.63, 3.8) is 0 Å². The van der Waals surface area contributed by atoms with Crippen molar-refractivity contribution in [2.24, 2.45) is 0 Å². The van der Waals surface area contributed by atoms with Gasteiger partial charge in [0.15, 0.2) is 0 Å². The number of unbranched alkanes of at least 4 members (excludes halogenated alkanes) is 26. The average molecular weight is 954 g/mol. The Balaban J connectivity index is 3.86. The van der Waals surface area contributed by atoms with Gasteiger partial charge in [-0.1, -0.05) is 181 Å². The summed E-state index contributed by atoms with van der Waals surface area (Å²) >= 11 is 4.09. The molecule has 0 spiro atoms. The molecule has 0 aliphatic rings. The Labute approximate surface area is 407 Å². The second-order valence-electron chi connectivity index (χ2n) is 17.5. The van der Waals surface area contributed by atoms with E-state index in [1.54, 1.807) is 0 Å². The predicted octanol–water partition coefficient (Wildman–Crippen LogP) is 12.4. The van der Waals surface area contributed by atoms with E-state index in [9.17, 15) is 0 Å². The molecule has 0 bridgehead atoms. The number of rotatable bonds is 61. The minimum Gasteiger partial charge on any atom is -0.379 e. The molecule has 0 aliphatic heterocycles. The van der Waals surface area contributed by atoms with E-state index >= 15 is 0 Å². The number of thiol groups is 1. The molecule has 1 atom stereocenters. The van der Waals surface area contributed by atoms with Gasteiger partial charge in [-0.25, -0.2) is 0 Å². The van der Waals surface area contributed by atoms with E-state index in [2.05, 4.69) is 26.5 Å². The third kappa shape index (κ3) is 60.0. The van der Waals surface area contributed by atoms with Crippen LogP contribution < -0.4 is 0 Å². The van der Waals surface area contributed by atoms with Crippen molar-refractivity contribution >= 4 is 12.6 Å². The van der Waals surface area contributed by atoms with Crippen molar-refractivity contribution in [2.45, 2.75) is 200 Å². The smallest absolute Gasteiger partial charge is 0.104 e. The number of hydrogen-bond acceptors (Lipinski definition) is 12. The van der Waals surface area contributed by atoms with Crippen LogP contribution in [0.2, 0.25) is 0 Å². The average Bonchev–Trinajstić information content (AvgIpc) is 3.32. The first kappa shape index (κ1) is 64.9. The fraction of sp³-hybridized carbons (Fsp3) is 1.00. The molecule has 0 heterocycles. The SMILES string of the molecule is CCCCCCCCCCCCCCCCOCC(COCCOCCOCCOCCOCCOCCOCCOCCOCCS)OCCCCCCCCCCCCCCCC. The van der Waals surface area contributed by atoms with E-state index in [0.29, 0.717) is 126 Å². The largest absolute Gasteiger partial charge is 0.379 e. The van der Waals surface area contributed by atoms with Crippen LogP contribution in [-0.4, -0.2) is 151 Å². The van der Waals surface area contributed by atoms with Gasteiger partial charge in [0.1, 0.15) is 6.10 Å². The van der Waals surface area contributed by atoms with E-state index in [1.807, 2.05) is 0 Å². The monoisotopic (exact) mass is 953 g/mol. The maximum absolute atomic E-state index is 6.29. The van der Waals surface area contributed by atoms with E-state index < -0.39 is 0 Å². The molecule has 0 aromatic rings. The number of hydrogen-bond donors (Lipinski definition) is 1. The van der Waals surface area contributed by atoms with Crippen molar-refractivity contribution in [1.29, 1.82) is 0 Å². The van der Waals surface area contributed by atoms with Crippen molar-refractivity contribution in [3.8, 4) is 0 Å². The van der Waals surface area contributed by atoms with Crippen LogP contribution in [0.25, 0.3) is 0 Å². The molecule has 11 nitrogen and oxygen atoms in total. The summed E-state index contributed by atoms with van der Waals surface area (Å²) in [6.45, 7) is 16.5. The third-order valence-corrected chi connectivity index (χ3v) is 11.5. The topological polar surface area (TPSA) is 102 Å². The molecule has 0 N–H and O–H groups in total. The summed E-state index contributed by atoms with van der Waals surface area (Å²) in [5.41, 5.74) is 0. The second-order valence-corrected chi connectivity index (χ2v) is 17.9. The van der Waals surface area contributed by atoms with E-state index in [4.69, 9.17) is 52.1 Å². The first-order valence-corrected chi connectivity index (χ1v) is 28.0. The normalized spacial score (nSPS) is 12.2. The van der Waals surface area contributed by atoms with Gasteiger partial charge in [0.05, 0.1) is 126 Å². The molecule has 0 saturated heterocycles. The van der Waals surface area contributed by atoms with Crippen LogP contribution in [0.3, 0.4) is 0 Å². The van der Waals surface area contributed by atoms with Crippen LogP contribution in [0.4, 0.5) is 0 Å². The summed E-state index contributed by atoms with van der Waals surface area (Å²) in [6.07, 6.45) is 38.2. The molecule has 0 aromatic heterocycles. The number of ether oxygens (including phenoxy) is 11. The van der Waals surface area contributed by atoms with Crippen LogP contribution in [0.15, 0.2) is 0 Å². The lowest BCUT2D eigenvalue weighted by Crippen LogP contribution is -2.27. The minimum atomic E-state index is -0.0354. The van der Waals surface area contributed by atoms with Crippen LogP contribution in [0.5, 0.6) is 0 Å². The van der Waals surface area contributed by atoms with E-state index in [0.717, 1.165) is 31.8 Å². The Kier molecular flexibility index (Phi) is 61.8. The summed E-state index contributed by atoms with van der Waals surface area (Å²) in [5, 5.41) is 0. The van der Waals surface area contributed by atoms with Crippen molar-refractivity contribution in [1.82, 2.24) is 0 Å². The van der Waals surface area contributed by atoms with Gasteiger partial charge in [-0.15, -0.1) is 0 Å². The quantitative estimate of drug-likeness (QED) is 0.0466. The Morgan fingerprint density at radius 1 is 0.231 bits per heavy atom. The van der Waals surface area contributed by atoms with Gasteiger partial charge in [-0.2, -0.15) is 12.6 Å². The first-order valence-electron chi connectivity index (χ1n) is 27.3. The van der Waals surface area contributed by atoms with Gasteiger partial charge in [0.2, 0.25) is 0 Å². The standard InChI is InChI=1S/C53H108O11S/c1-3-5-7-9-11-13-15-17-19-21-23-25-27-29-31-62-51-53(64-32-30-28-26-24-22-20-18-16-14-12-10-8-6-4-2)52-63-48-47-60-44-43-58-40-39-56-36-35-54-33-34-55-37-38-57-41-42-59-45-46-61-49-50-65/h53,65H,3-52H2,1-2H3. The Bertz CT molecular complexity index is 818. The fourth-order valence-corrected chi connectivity index (χ4v) is 7.47. The molecule has 0 fully saturated rings. The van der Waals surface area contributed by atoms with Crippen LogP contribution in [0.1, 0.15) is 194 Å². The van der Waals surface area contributed by atoms with Crippen LogP contribution >= 0.6 is 12.6 Å². The van der Waals surface area contributed by atoms with Crippen LogP contribution in [0, 0.1) is 0 Å². The first-order chi connectivity index (χ1) is 32.3. The van der Waals surface area contributed by atoms with Crippen molar-refractivity contribution in [2.75, 3.05) is 144 Å². The van der Waals surface area contributed by atoms with E-state index in [1.165, 1.54) is 167 Å². The highest BCUT2D eigenvalue weighted by Crippen LogP contribution is 2.15. The molecule has 0 aliphatic carbocycles. The summed E-state index contributed by atoms with van der Waals surface area (Å²) in [6, 6.07) is 0. The van der Waals surface area contributed by atoms with Gasteiger partial charge in [0.25, 0.3) is 0 Å². The lowest BCUT2D eigenvalue weighted by Gasteiger charge is -2.18. The molecular weight excluding hydrogens is 845 g/mol. The Morgan fingerprint density at radius 3 is 0.723 bits per heavy atom. The van der Waals surface area contributed by atoms with Gasteiger partial charge in [-0.05, 0) is 12.8 Å². The van der Waals surface area contributed by atoms with Crippen LogP contribution in [-0.2, 0) is 52.1 Å². The summed E-state index contributed by atoms with van der Waals surface area (Å²) in [5.74, 6) is 0.723.